The molecule has 0 unspecified atom stereocenters. The number of rotatable bonds is 5. The molecular formula is C25H31N3O3S. The molecule has 32 heavy (non-hydrogen) atoms. The molecule has 1 amide bonds. The van der Waals surface area contributed by atoms with Crippen LogP contribution in [0.1, 0.15) is 67.9 Å². The summed E-state index contributed by atoms with van der Waals surface area (Å²) in [5.41, 5.74) is 0.129. The molecule has 170 valence electrons. The smallest absolute Gasteiger partial charge is 0.348 e. The van der Waals surface area contributed by atoms with E-state index in [4.69, 9.17) is 0 Å². The second-order valence-electron chi connectivity index (χ2n) is 9.45. The first kappa shape index (κ1) is 23.8. The summed E-state index contributed by atoms with van der Waals surface area (Å²) in [6.07, 6.45) is 5.25. The number of hydrogen-bond acceptors (Lipinski definition) is 5. The van der Waals surface area contributed by atoms with Crippen LogP contribution in [-0.2, 0) is 4.79 Å². The second-order valence-corrected chi connectivity index (χ2v) is 10.5. The largest absolute Gasteiger partial charge is 0.477 e. The Kier molecular flexibility index (Phi) is 7.25. The number of hydrogen-bond donors (Lipinski definition) is 1. The van der Waals surface area contributed by atoms with Gasteiger partial charge in [0.1, 0.15) is 10.7 Å². The van der Waals surface area contributed by atoms with Gasteiger partial charge in [0.25, 0.3) is 0 Å². The molecule has 2 heterocycles. The van der Waals surface area contributed by atoms with Gasteiger partial charge in [-0.25, -0.2) is 14.8 Å². The molecule has 0 atom stereocenters. The van der Waals surface area contributed by atoms with Crippen LogP contribution in [0.5, 0.6) is 0 Å². The van der Waals surface area contributed by atoms with Gasteiger partial charge in [0.05, 0.1) is 10.6 Å². The molecular weight excluding hydrogens is 422 g/mol. The van der Waals surface area contributed by atoms with Crippen LogP contribution in [0.25, 0.3) is 0 Å². The monoisotopic (exact) mass is 453 g/mol. The number of anilines is 2. The average molecular weight is 454 g/mol. The van der Waals surface area contributed by atoms with Crippen LogP contribution in [0.15, 0.2) is 30.5 Å². The van der Waals surface area contributed by atoms with E-state index in [2.05, 4.69) is 23.7 Å². The molecule has 1 N–H and O–H groups in total. The summed E-state index contributed by atoms with van der Waals surface area (Å²) in [6.45, 7) is 8.21. The molecule has 0 radical (unpaired) electrons. The molecule has 1 aliphatic carbocycles. The van der Waals surface area contributed by atoms with Crippen LogP contribution in [0.4, 0.5) is 11.5 Å². The number of aromatic nitrogens is 1. The van der Waals surface area contributed by atoms with Gasteiger partial charge in [-0.3, -0.25) is 9.80 Å². The highest BCUT2D eigenvalue weighted by atomic mass is 32.1. The van der Waals surface area contributed by atoms with Crippen molar-refractivity contribution in [3.8, 4) is 11.8 Å². The Bertz CT molecular complexity index is 1020. The maximum Gasteiger partial charge on any atom is 0.348 e. The van der Waals surface area contributed by atoms with Crippen molar-refractivity contribution in [2.75, 3.05) is 17.1 Å². The van der Waals surface area contributed by atoms with Crippen molar-refractivity contribution < 1.29 is 14.7 Å². The summed E-state index contributed by atoms with van der Waals surface area (Å²) in [6, 6.07) is 7.17. The van der Waals surface area contributed by atoms with E-state index >= 15 is 0 Å². The lowest BCUT2D eigenvalue weighted by Crippen LogP contribution is -2.49. The Hall–Kier alpha value is -2.85. The van der Waals surface area contributed by atoms with Gasteiger partial charge in [-0.2, -0.15) is 0 Å². The summed E-state index contributed by atoms with van der Waals surface area (Å²) in [4.78, 5) is 31.0. The Morgan fingerprint density at radius 2 is 1.88 bits per heavy atom. The van der Waals surface area contributed by atoms with Crippen molar-refractivity contribution in [2.45, 2.75) is 53.4 Å². The Morgan fingerprint density at radius 1 is 1.19 bits per heavy atom. The number of thiophene rings is 1. The quantitative estimate of drug-likeness (QED) is 0.481. The first-order valence-electron chi connectivity index (χ1n) is 11.0. The third-order valence-corrected chi connectivity index (χ3v) is 6.58. The molecule has 3 rings (SSSR count). The fourth-order valence-corrected chi connectivity index (χ4v) is 4.59. The molecule has 0 bridgehead atoms. The third-order valence-electron chi connectivity index (χ3n) is 5.55. The van der Waals surface area contributed by atoms with Crippen molar-refractivity contribution in [1.29, 1.82) is 0 Å². The summed E-state index contributed by atoms with van der Waals surface area (Å²) in [5, 5.41) is 13.1. The minimum Gasteiger partial charge on any atom is -0.477 e. The Labute approximate surface area is 194 Å². The molecule has 1 aliphatic rings. The van der Waals surface area contributed by atoms with Crippen LogP contribution >= 0.6 is 11.3 Å². The zero-order chi connectivity index (χ0) is 23.5. The minimum absolute atomic E-state index is 0.0966. The predicted molar refractivity (Wildman–Crippen MR) is 129 cm³/mol. The molecule has 1 fully saturated rings. The highest BCUT2D eigenvalue weighted by Gasteiger charge is 2.34. The number of nitrogens with zero attached hydrogens (tertiary/aromatic N) is 3. The number of carbonyl (C=O) groups is 2. The van der Waals surface area contributed by atoms with Gasteiger partial charge in [-0.1, -0.05) is 24.8 Å². The number of carbonyl (C=O) groups excluding carboxylic acids is 1. The topological polar surface area (TPSA) is 73.7 Å². The van der Waals surface area contributed by atoms with E-state index in [1.54, 1.807) is 36.5 Å². The van der Waals surface area contributed by atoms with Gasteiger partial charge in [0.15, 0.2) is 0 Å². The van der Waals surface area contributed by atoms with Crippen molar-refractivity contribution in [3.63, 3.8) is 0 Å². The lowest BCUT2D eigenvalue weighted by molar-refractivity contribution is -0.123. The van der Waals surface area contributed by atoms with Crippen molar-refractivity contribution in [3.05, 3.63) is 40.2 Å². The number of hydrazine groups is 1. The summed E-state index contributed by atoms with van der Waals surface area (Å²) >= 11 is 1.10. The zero-order valence-corrected chi connectivity index (χ0v) is 20.2. The van der Waals surface area contributed by atoms with E-state index in [9.17, 15) is 14.7 Å². The lowest BCUT2D eigenvalue weighted by Gasteiger charge is -2.36. The molecule has 2 aromatic rings. The van der Waals surface area contributed by atoms with E-state index in [0.29, 0.717) is 22.3 Å². The molecule has 2 aromatic heterocycles. The average Bonchev–Trinajstić information content (AvgIpc) is 3.17. The van der Waals surface area contributed by atoms with Crippen LogP contribution in [0.2, 0.25) is 0 Å². The number of amides is 1. The van der Waals surface area contributed by atoms with Gasteiger partial charge < -0.3 is 5.11 Å². The highest BCUT2D eigenvalue weighted by Crippen LogP contribution is 2.36. The summed E-state index contributed by atoms with van der Waals surface area (Å²) < 4.78 is 0. The summed E-state index contributed by atoms with van der Waals surface area (Å²) in [5.74, 6) is 6.10. The Morgan fingerprint density at radius 3 is 2.44 bits per heavy atom. The van der Waals surface area contributed by atoms with Crippen LogP contribution in [0.3, 0.4) is 0 Å². The van der Waals surface area contributed by atoms with Crippen LogP contribution in [-0.4, -0.2) is 29.0 Å². The maximum absolute atomic E-state index is 13.8. The standard InChI is InChI=1S/C25H31N3O3S/c1-17-9-11-18(12-10-17)23(29)28(27(5)21-8-6-7-15-26-21)20-16-19(13-14-25(2,3)4)32-22(20)24(30)31/h6-8,15-18H,9-12H2,1-5H3,(H,30,31). The molecule has 0 saturated heterocycles. The Balaban J connectivity index is 2.08. The fraction of sp³-hybridized carbons (Fsp3) is 0.480. The van der Waals surface area contributed by atoms with E-state index in [1.807, 2.05) is 26.8 Å². The van der Waals surface area contributed by atoms with Crippen molar-refractivity contribution in [2.24, 2.45) is 17.3 Å². The van der Waals surface area contributed by atoms with Crippen LogP contribution < -0.4 is 10.0 Å². The number of carboxylic acid groups (broad SMARTS) is 1. The van der Waals surface area contributed by atoms with E-state index in [0.717, 1.165) is 37.0 Å². The SMILES string of the molecule is CC1CCC(C(=O)N(c2cc(C#CC(C)(C)C)sc2C(=O)O)N(C)c2ccccn2)CC1. The molecule has 7 heteroatoms. The number of aromatic carboxylic acids is 1. The first-order valence-corrected chi connectivity index (χ1v) is 11.8. The molecule has 0 spiro atoms. The lowest BCUT2D eigenvalue weighted by atomic mass is 9.82. The molecule has 0 aromatic carbocycles. The highest BCUT2D eigenvalue weighted by molar-refractivity contribution is 7.15. The van der Waals surface area contributed by atoms with E-state index in [1.165, 1.54) is 5.01 Å². The van der Waals surface area contributed by atoms with Gasteiger partial charge >= 0.3 is 5.97 Å². The minimum atomic E-state index is -1.07. The normalized spacial score (nSPS) is 18.4. The van der Waals surface area contributed by atoms with Gasteiger partial charge in [-0.15, -0.1) is 11.3 Å². The number of carboxylic acids is 1. The van der Waals surface area contributed by atoms with Crippen LogP contribution in [0, 0.1) is 29.1 Å². The first-order chi connectivity index (χ1) is 15.1. The van der Waals surface area contributed by atoms with E-state index in [-0.39, 0.29) is 22.1 Å². The summed E-state index contributed by atoms with van der Waals surface area (Å²) in [7, 11) is 1.75. The predicted octanol–water partition coefficient (Wildman–Crippen LogP) is 5.45. The second kappa shape index (κ2) is 9.74. The zero-order valence-electron chi connectivity index (χ0n) is 19.4. The number of pyridine rings is 1. The fourth-order valence-electron chi connectivity index (χ4n) is 3.76. The third kappa shape index (κ3) is 5.68. The molecule has 0 aliphatic heterocycles. The van der Waals surface area contributed by atoms with Gasteiger partial charge in [-0.05, 0) is 70.6 Å². The van der Waals surface area contributed by atoms with Crippen molar-refractivity contribution in [1.82, 2.24) is 4.98 Å². The molecule has 6 nitrogen and oxygen atoms in total. The maximum atomic E-state index is 13.8. The van der Waals surface area contributed by atoms with Gasteiger partial charge in [0, 0.05) is 24.6 Å². The van der Waals surface area contributed by atoms with E-state index < -0.39 is 5.97 Å². The molecule has 1 saturated carbocycles. The van der Waals surface area contributed by atoms with Gasteiger partial charge in [0.2, 0.25) is 5.91 Å². The van der Waals surface area contributed by atoms with Crippen molar-refractivity contribution >= 4 is 34.7 Å².